The minimum absolute atomic E-state index is 0.115. The van der Waals surface area contributed by atoms with Gasteiger partial charge in [-0.25, -0.2) is 0 Å². The fourth-order valence-electron chi connectivity index (χ4n) is 1.70. The summed E-state index contributed by atoms with van der Waals surface area (Å²) in [7, 11) is 0. The van der Waals surface area contributed by atoms with E-state index in [-0.39, 0.29) is 5.91 Å². The minimum atomic E-state index is -0.115. The number of anilines is 1. The number of nitrogens with one attached hydrogen (secondary N) is 2. The number of nitrogens with zero attached hydrogens (tertiary/aromatic N) is 1. The Morgan fingerprint density at radius 3 is 2.95 bits per heavy atom. The van der Waals surface area contributed by atoms with Gasteiger partial charge in [-0.3, -0.25) is 9.78 Å². The molecule has 0 aliphatic rings. The van der Waals surface area contributed by atoms with Gasteiger partial charge in [0.25, 0.3) is 5.91 Å². The van der Waals surface area contributed by atoms with Crippen LogP contribution in [0.2, 0.25) is 4.34 Å². The maximum absolute atomic E-state index is 12.2. The van der Waals surface area contributed by atoms with Crippen molar-refractivity contribution in [2.24, 2.45) is 0 Å². The highest BCUT2D eigenvalue weighted by molar-refractivity contribution is 7.16. The van der Waals surface area contributed by atoms with Crippen molar-refractivity contribution in [2.75, 3.05) is 11.9 Å². The molecule has 1 amide bonds. The summed E-state index contributed by atoms with van der Waals surface area (Å²) in [5.41, 5.74) is 1.37. The number of thiophene rings is 1. The highest BCUT2D eigenvalue weighted by Crippen LogP contribution is 2.21. The number of hydrogen-bond acceptors (Lipinski definition) is 4. The Hall–Kier alpha value is -1.59. The molecule has 2 aromatic heterocycles. The number of pyridine rings is 1. The second kappa shape index (κ2) is 7.26. The number of carbonyl (C=O) groups excluding carboxylic acids is 1. The first-order chi connectivity index (χ1) is 9.70. The standard InChI is InChI=1S/C14H16ClN3OS/c1-2-6-17-12-9-16-7-5-11(12)14(19)18-8-10-3-4-13(15)20-10/h3-5,7,9,17H,2,6,8H2,1H3,(H,18,19). The van der Waals surface area contributed by atoms with Crippen molar-refractivity contribution in [2.45, 2.75) is 19.9 Å². The van der Waals surface area contributed by atoms with E-state index in [2.05, 4.69) is 22.5 Å². The maximum Gasteiger partial charge on any atom is 0.253 e. The number of aromatic nitrogens is 1. The first-order valence-corrected chi connectivity index (χ1v) is 7.60. The van der Waals surface area contributed by atoms with Crippen molar-refractivity contribution in [3.63, 3.8) is 0 Å². The van der Waals surface area contributed by atoms with Crippen molar-refractivity contribution in [1.82, 2.24) is 10.3 Å². The van der Waals surface area contributed by atoms with Gasteiger partial charge in [-0.15, -0.1) is 11.3 Å². The molecule has 0 fully saturated rings. The molecule has 0 saturated heterocycles. The number of halogens is 1. The summed E-state index contributed by atoms with van der Waals surface area (Å²) in [6, 6.07) is 5.46. The highest BCUT2D eigenvalue weighted by atomic mass is 35.5. The molecule has 0 bridgehead atoms. The van der Waals surface area contributed by atoms with E-state index in [1.54, 1.807) is 18.5 Å². The largest absolute Gasteiger partial charge is 0.383 e. The van der Waals surface area contributed by atoms with Crippen LogP contribution in [0.3, 0.4) is 0 Å². The Kier molecular flexibility index (Phi) is 5.38. The lowest BCUT2D eigenvalue weighted by Gasteiger charge is -2.10. The van der Waals surface area contributed by atoms with Crippen LogP contribution in [0.25, 0.3) is 0 Å². The van der Waals surface area contributed by atoms with Gasteiger partial charge in [0, 0.05) is 17.6 Å². The van der Waals surface area contributed by atoms with Crippen LogP contribution in [-0.2, 0) is 6.54 Å². The molecule has 6 heteroatoms. The Morgan fingerprint density at radius 2 is 2.25 bits per heavy atom. The Morgan fingerprint density at radius 1 is 1.40 bits per heavy atom. The molecule has 0 radical (unpaired) electrons. The molecule has 0 aromatic carbocycles. The van der Waals surface area contributed by atoms with Crippen molar-refractivity contribution < 1.29 is 4.79 Å². The normalized spacial score (nSPS) is 10.3. The summed E-state index contributed by atoms with van der Waals surface area (Å²) < 4.78 is 0.725. The molecular weight excluding hydrogens is 294 g/mol. The monoisotopic (exact) mass is 309 g/mol. The van der Waals surface area contributed by atoms with Gasteiger partial charge >= 0.3 is 0 Å². The summed E-state index contributed by atoms with van der Waals surface area (Å²) in [6.45, 7) is 3.36. The Bertz CT molecular complexity index is 585. The van der Waals surface area contributed by atoms with E-state index in [1.807, 2.05) is 12.1 Å². The summed E-state index contributed by atoms with van der Waals surface area (Å²) >= 11 is 7.33. The fourth-order valence-corrected chi connectivity index (χ4v) is 2.73. The second-order valence-electron chi connectivity index (χ2n) is 4.24. The van der Waals surface area contributed by atoms with E-state index in [4.69, 9.17) is 11.6 Å². The van der Waals surface area contributed by atoms with Gasteiger partial charge in [0.1, 0.15) is 0 Å². The van der Waals surface area contributed by atoms with Crippen LogP contribution >= 0.6 is 22.9 Å². The lowest BCUT2D eigenvalue weighted by Crippen LogP contribution is -2.23. The smallest absolute Gasteiger partial charge is 0.253 e. The number of rotatable bonds is 6. The third-order valence-corrected chi connectivity index (χ3v) is 3.91. The lowest BCUT2D eigenvalue weighted by atomic mass is 10.2. The van der Waals surface area contributed by atoms with Gasteiger partial charge in [-0.2, -0.15) is 0 Å². The number of carbonyl (C=O) groups is 1. The third kappa shape index (κ3) is 3.95. The zero-order valence-corrected chi connectivity index (χ0v) is 12.7. The summed E-state index contributed by atoms with van der Waals surface area (Å²) in [5.74, 6) is -0.115. The van der Waals surface area contributed by atoms with Crippen LogP contribution in [0, 0.1) is 0 Å². The summed E-state index contributed by atoms with van der Waals surface area (Å²) in [4.78, 5) is 17.3. The van der Waals surface area contributed by atoms with Gasteiger partial charge in [-0.05, 0) is 24.6 Å². The topological polar surface area (TPSA) is 54.0 Å². The maximum atomic E-state index is 12.2. The molecule has 0 aliphatic heterocycles. The summed E-state index contributed by atoms with van der Waals surface area (Å²) in [5, 5.41) is 6.09. The molecule has 0 atom stereocenters. The van der Waals surface area contributed by atoms with E-state index in [0.717, 1.165) is 27.9 Å². The first-order valence-electron chi connectivity index (χ1n) is 6.41. The molecule has 4 nitrogen and oxygen atoms in total. The van der Waals surface area contributed by atoms with Crippen LogP contribution < -0.4 is 10.6 Å². The fraction of sp³-hybridized carbons (Fsp3) is 0.286. The Balaban J connectivity index is 2.01. The zero-order chi connectivity index (χ0) is 14.4. The average molecular weight is 310 g/mol. The molecule has 2 aromatic rings. The molecule has 0 aliphatic carbocycles. The van der Waals surface area contributed by atoms with Crippen LogP contribution in [0.15, 0.2) is 30.6 Å². The van der Waals surface area contributed by atoms with E-state index >= 15 is 0 Å². The molecule has 0 saturated carbocycles. The van der Waals surface area contributed by atoms with Gasteiger partial charge in [0.2, 0.25) is 0 Å². The quantitative estimate of drug-likeness (QED) is 0.858. The number of hydrogen-bond donors (Lipinski definition) is 2. The zero-order valence-electron chi connectivity index (χ0n) is 11.1. The number of amides is 1. The molecular formula is C14H16ClN3OS. The molecule has 106 valence electrons. The van der Waals surface area contributed by atoms with E-state index in [0.29, 0.717) is 12.1 Å². The van der Waals surface area contributed by atoms with Gasteiger partial charge in [0.15, 0.2) is 0 Å². The third-order valence-electron chi connectivity index (χ3n) is 2.68. The minimum Gasteiger partial charge on any atom is -0.383 e. The molecule has 2 heterocycles. The lowest BCUT2D eigenvalue weighted by molar-refractivity contribution is 0.0952. The van der Waals surface area contributed by atoms with Crippen molar-refractivity contribution in [1.29, 1.82) is 0 Å². The highest BCUT2D eigenvalue weighted by Gasteiger charge is 2.11. The van der Waals surface area contributed by atoms with Crippen molar-refractivity contribution >= 4 is 34.5 Å². The molecule has 0 unspecified atom stereocenters. The Labute approximate surface area is 127 Å². The predicted molar refractivity (Wildman–Crippen MR) is 83.5 cm³/mol. The average Bonchev–Trinajstić information content (AvgIpc) is 2.88. The predicted octanol–water partition coefficient (Wildman–Crippen LogP) is 3.55. The van der Waals surface area contributed by atoms with E-state index in [1.165, 1.54) is 11.3 Å². The van der Waals surface area contributed by atoms with Crippen LogP contribution in [0.4, 0.5) is 5.69 Å². The van der Waals surface area contributed by atoms with E-state index < -0.39 is 0 Å². The van der Waals surface area contributed by atoms with Crippen molar-refractivity contribution in [3.05, 3.63) is 45.4 Å². The van der Waals surface area contributed by atoms with Crippen molar-refractivity contribution in [3.8, 4) is 0 Å². The van der Waals surface area contributed by atoms with Crippen LogP contribution in [-0.4, -0.2) is 17.4 Å². The van der Waals surface area contributed by atoms with Gasteiger partial charge < -0.3 is 10.6 Å². The molecule has 20 heavy (non-hydrogen) atoms. The second-order valence-corrected chi connectivity index (χ2v) is 6.04. The molecule has 2 rings (SSSR count). The SMILES string of the molecule is CCCNc1cnccc1C(=O)NCc1ccc(Cl)s1. The summed E-state index contributed by atoms with van der Waals surface area (Å²) in [6.07, 6.45) is 4.28. The van der Waals surface area contributed by atoms with Gasteiger partial charge in [0.05, 0.1) is 28.3 Å². The van der Waals surface area contributed by atoms with Gasteiger partial charge in [-0.1, -0.05) is 18.5 Å². The van der Waals surface area contributed by atoms with Crippen LogP contribution in [0.1, 0.15) is 28.6 Å². The van der Waals surface area contributed by atoms with E-state index in [9.17, 15) is 4.79 Å². The molecule has 0 spiro atoms. The molecule has 2 N–H and O–H groups in total. The first kappa shape index (κ1) is 14.8. The van der Waals surface area contributed by atoms with Crippen LogP contribution in [0.5, 0.6) is 0 Å².